The molecule has 1 saturated heterocycles. The molecule has 1 unspecified atom stereocenters. The van der Waals surface area contributed by atoms with Crippen LogP contribution in [0.15, 0.2) is 29.7 Å². The van der Waals surface area contributed by atoms with Crippen LogP contribution >= 0.6 is 0 Å². The first-order chi connectivity index (χ1) is 9.87. The van der Waals surface area contributed by atoms with Crippen molar-refractivity contribution in [1.29, 1.82) is 0 Å². The average Bonchev–Trinajstić information content (AvgIpc) is 2.37. The minimum absolute atomic E-state index is 0.0568. The van der Waals surface area contributed by atoms with E-state index >= 15 is 0 Å². The molecule has 1 aromatic rings. The van der Waals surface area contributed by atoms with Gasteiger partial charge >= 0.3 is 0 Å². The smallest absolute Gasteiger partial charge is 0.207 e. The first-order valence-electron chi connectivity index (χ1n) is 7.58. The van der Waals surface area contributed by atoms with E-state index in [1.807, 2.05) is 39.0 Å². The van der Waals surface area contributed by atoms with E-state index in [1.54, 1.807) is 4.31 Å². The van der Waals surface area contributed by atoms with Gasteiger partial charge in [0.2, 0.25) is 10.0 Å². The Morgan fingerprint density at radius 1 is 1.24 bits per heavy atom. The maximum absolute atomic E-state index is 13.1. The zero-order chi connectivity index (χ0) is 15.6. The van der Waals surface area contributed by atoms with Gasteiger partial charge in [-0.05, 0) is 51.2 Å². The van der Waals surface area contributed by atoms with Crippen molar-refractivity contribution < 1.29 is 8.42 Å². The second-order valence-electron chi connectivity index (χ2n) is 6.02. The maximum Gasteiger partial charge on any atom is 0.243 e. The highest BCUT2D eigenvalue weighted by molar-refractivity contribution is 7.89. The summed E-state index contributed by atoms with van der Waals surface area (Å²) in [7, 11) is -3.43. The van der Waals surface area contributed by atoms with Crippen molar-refractivity contribution in [3.63, 3.8) is 0 Å². The highest BCUT2D eigenvalue weighted by Crippen LogP contribution is 2.31. The number of hydrogen-bond acceptors (Lipinski definition) is 2. The van der Waals surface area contributed by atoms with Crippen LogP contribution in [-0.4, -0.2) is 25.3 Å². The number of aryl methyl sites for hydroxylation is 3. The Balaban J connectivity index is 2.48. The lowest BCUT2D eigenvalue weighted by Gasteiger charge is -2.35. The van der Waals surface area contributed by atoms with E-state index in [0.29, 0.717) is 11.4 Å². The Morgan fingerprint density at radius 2 is 1.86 bits per heavy atom. The van der Waals surface area contributed by atoms with Gasteiger partial charge < -0.3 is 0 Å². The fourth-order valence-corrected chi connectivity index (χ4v) is 5.53. The summed E-state index contributed by atoms with van der Waals surface area (Å²) >= 11 is 0. The zero-order valence-electron chi connectivity index (χ0n) is 13.2. The molecule has 1 aliphatic rings. The number of nitrogens with zero attached hydrogens (tertiary/aromatic N) is 1. The summed E-state index contributed by atoms with van der Waals surface area (Å²) in [5, 5.41) is 0. The van der Waals surface area contributed by atoms with Crippen molar-refractivity contribution in [3.8, 4) is 0 Å². The molecule has 0 saturated carbocycles. The van der Waals surface area contributed by atoms with Gasteiger partial charge in [-0.25, -0.2) is 8.42 Å². The second-order valence-corrected chi connectivity index (χ2v) is 7.84. The molecule has 4 heteroatoms. The first kappa shape index (κ1) is 16.2. The highest BCUT2D eigenvalue weighted by Gasteiger charge is 2.34. The van der Waals surface area contributed by atoms with Crippen LogP contribution in [0.2, 0.25) is 0 Å². The SMILES string of the molecule is C=CCC1CCCCN1S(=O)(=O)c1c(C)cc(C)cc1C. The van der Waals surface area contributed by atoms with E-state index in [2.05, 4.69) is 6.58 Å². The fraction of sp³-hybridized carbons (Fsp3) is 0.529. The Morgan fingerprint density at radius 3 is 2.43 bits per heavy atom. The summed E-state index contributed by atoms with van der Waals surface area (Å²) in [5.41, 5.74) is 2.79. The molecule has 3 nitrogen and oxygen atoms in total. The lowest BCUT2D eigenvalue weighted by molar-refractivity contribution is 0.253. The lowest BCUT2D eigenvalue weighted by Crippen LogP contribution is -2.43. The Kier molecular flexibility index (Phi) is 4.89. The molecule has 0 aromatic heterocycles. The molecule has 2 rings (SSSR count). The van der Waals surface area contributed by atoms with Crippen LogP contribution in [0, 0.1) is 20.8 Å². The molecule has 0 radical (unpaired) electrons. The molecule has 0 aliphatic carbocycles. The van der Waals surface area contributed by atoms with Gasteiger partial charge in [-0.15, -0.1) is 6.58 Å². The van der Waals surface area contributed by atoms with Crippen LogP contribution in [0.4, 0.5) is 0 Å². The number of hydrogen-bond donors (Lipinski definition) is 0. The van der Waals surface area contributed by atoms with Crippen molar-refractivity contribution in [1.82, 2.24) is 4.31 Å². The summed E-state index contributed by atoms with van der Waals surface area (Å²) in [5.74, 6) is 0. The van der Waals surface area contributed by atoms with E-state index in [0.717, 1.165) is 42.4 Å². The van der Waals surface area contributed by atoms with Gasteiger partial charge in [0.05, 0.1) is 4.90 Å². The highest BCUT2D eigenvalue weighted by atomic mass is 32.2. The molecular formula is C17H25NO2S. The summed E-state index contributed by atoms with van der Waals surface area (Å²) < 4.78 is 27.9. The minimum Gasteiger partial charge on any atom is -0.207 e. The van der Waals surface area contributed by atoms with E-state index in [4.69, 9.17) is 0 Å². The Hall–Kier alpha value is -1.13. The molecule has 1 aliphatic heterocycles. The predicted octanol–water partition coefficient (Wildman–Crippen LogP) is 3.73. The number of piperidine rings is 1. The molecule has 1 atom stereocenters. The van der Waals surface area contributed by atoms with E-state index in [9.17, 15) is 8.42 Å². The van der Waals surface area contributed by atoms with Crippen LogP contribution in [0.5, 0.6) is 0 Å². The third-order valence-electron chi connectivity index (χ3n) is 4.18. The number of sulfonamides is 1. The van der Waals surface area contributed by atoms with E-state index in [-0.39, 0.29) is 6.04 Å². The van der Waals surface area contributed by atoms with Gasteiger partial charge in [0, 0.05) is 12.6 Å². The van der Waals surface area contributed by atoms with Gasteiger partial charge in [-0.3, -0.25) is 0 Å². The maximum atomic E-state index is 13.1. The molecule has 1 heterocycles. The molecule has 0 spiro atoms. The molecular weight excluding hydrogens is 282 g/mol. The lowest BCUT2D eigenvalue weighted by atomic mass is 10.0. The van der Waals surface area contributed by atoms with Crippen molar-refractivity contribution in [2.45, 2.75) is 57.4 Å². The van der Waals surface area contributed by atoms with Crippen LogP contribution in [0.3, 0.4) is 0 Å². The molecule has 21 heavy (non-hydrogen) atoms. The third kappa shape index (κ3) is 3.22. The topological polar surface area (TPSA) is 37.4 Å². The van der Waals surface area contributed by atoms with Gasteiger partial charge in [0.1, 0.15) is 0 Å². The summed E-state index contributed by atoms with van der Waals surface area (Å²) in [4.78, 5) is 0.490. The van der Waals surface area contributed by atoms with Gasteiger partial charge in [-0.1, -0.05) is 30.2 Å². The molecule has 1 aromatic carbocycles. The second kappa shape index (κ2) is 6.32. The standard InChI is InChI=1S/C17H25NO2S/c1-5-8-16-9-6-7-10-18(16)21(19,20)17-14(3)11-13(2)12-15(17)4/h5,11-12,16H,1,6-10H2,2-4H3. The van der Waals surface area contributed by atoms with Crippen LogP contribution in [0.25, 0.3) is 0 Å². The van der Waals surface area contributed by atoms with Crippen molar-refractivity contribution in [3.05, 3.63) is 41.5 Å². The molecule has 116 valence electrons. The fourth-order valence-electron chi connectivity index (χ4n) is 3.41. The third-order valence-corrected chi connectivity index (χ3v) is 6.44. The van der Waals surface area contributed by atoms with Gasteiger partial charge in [0.15, 0.2) is 0 Å². The molecule has 1 fully saturated rings. The Bertz CT molecular complexity index is 611. The van der Waals surface area contributed by atoms with Crippen molar-refractivity contribution in [2.75, 3.05) is 6.54 Å². The summed E-state index contributed by atoms with van der Waals surface area (Å²) in [6.45, 7) is 10.2. The zero-order valence-corrected chi connectivity index (χ0v) is 14.0. The van der Waals surface area contributed by atoms with Crippen LogP contribution < -0.4 is 0 Å². The van der Waals surface area contributed by atoms with Gasteiger partial charge in [-0.2, -0.15) is 4.31 Å². The van der Waals surface area contributed by atoms with E-state index in [1.165, 1.54) is 0 Å². The predicted molar refractivity (Wildman–Crippen MR) is 87.0 cm³/mol. The number of benzene rings is 1. The summed E-state index contributed by atoms with van der Waals surface area (Å²) in [6, 6.07) is 3.96. The quantitative estimate of drug-likeness (QED) is 0.795. The first-order valence-corrected chi connectivity index (χ1v) is 9.02. The van der Waals surface area contributed by atoms with Crippen molar-refractivity contribution in [2.24, 2.45) is 0 Å². The minimum atomic E-state index is -3.43. The van der Waals surface area contributed by atoms with E-state index < -0.39 is 10.0 Å². The Labute approximate surface area is 128 Å². The molecule has 0 N–H and O–H groups in total. The summed E-state index contributed by atoms with van der Waals surface area (Å²) in [6.07, 6.45) is 5.51. The van der Waals surface area contributed by atoms with Crippen molar-refractivity contribution >= 4 is 10.0 Å². The monoisotopic (exact) mass is 307 g/mol. The van der Waals surface area contributed by atoms with Gasteiger partial charge in [0.25, 0.3) is 0 Å². The normalized spacial score (nSPS) is 20.4. The molecule has 0 bridgehead atoms. The largest absolute Gasteiger partial charge is 0.243 e. The molecule has 0 amide bonds. The van der Waals surface area contributed by atoms with Crippen LogP contribution in [0.1, 0.15) is 42.4 Å². The number of rotatable bonds is 4. The average molecular weight is 307 g/mol. The van der Waals surface area contributed by atoms with Crippen LogP contribution in [-0.2, 0) is 10.0 Å².